The van der Waals surface area contributed by atoms with E-state index in [0.29, 0.717) is 4.88 Å². The Morgan fingerprint density at radius 3 is 2.55 bits per heavy atom. The summed E-state index contributed by atoms with van der Waals surface area (Å²) in [6, 6.07) is 7.33. The van der Waals surface area contributed by atoms with Gasteiger partial charge in [-0.05, 0) is 24.3 Å². The van der Waals surface area contributed by atoms with E-state index in [1.54, 1.807) is 6.07 Å². The van der Waals surface area contributed by atoms with E-state index in [0.717, 1.165) is 20.9 Å². The molecule has 0 amide bonds. The number of hydrogen-bond acceptors (Lipinski definition) is 6. The van der Waals surface area contributed by atoms with E-state index >= 15 is 0 Å². The van der Waals surface area contributed by atoms with Crippen molar-refractivity contribution in [1.82, 2.24) is 0 Å². The van der Waals surface area contributed by atoms with Gasteiger partial charge in [0.15, 0.2) is 18.2 Å². The van der Waals surface area contributed by atoms with Crippen molar-refractivity contribution in [3.8, 4) is 9.75 Å². The fraction of sp³-hybridized carbons (Fsp3) is 0.214. The average Bonchev–Trinajstić information content (AvgIpc) is 3.09. The second-order valence-electron chi connectivity index (χ2n) is 4.36. The van der Waals surface area contributed by atoms with Crippen LogP contribution < -0.4 is 0 Å². The number of ether oxygens (including phenoxy) is 1. The van der Waals surface area contributed by atoms with Gasteiger partial charge in [0.1, 0.15) is 0 Å². The van der Waals surface area contributed by atoms with Crippen LogP contribution in [-0.4, -0.2) is 18.0 Å². The Balaban J connectivity index is 1.87. The van der Waals surface area contributed by atoms with Crippen molar-refractivity contribution in [2.75, 3.05) is 0 Å². The predicted octanol–water partition coefficient (Wildman–Crippen LogP) is 3.24. The molecule has 20 heavy (non-hydrogen) atoms. The van der Waals surface area contributed by atoms with E-state index < -0.39 is 6.10 Å². The average molecular weight is 306 g/mol. The van der Waals surface area contributed by atoms with Crippen molar-refractivity contribution in [3.05, 3.63) is 34.0 Å². The minimum Gasteiger partial charge on any atom is -0.449 e. The van der Waals surface area contributed by atoms with Crippen molar-refractivity contribution < 1.29 is 19.1 Å². The van der Waals surface area contributed by atoms with E-state index in [2.05, 4.69) is 0 Å². The molecule has 3 heterocycles. The quantitative estimate of drug-likeness (QED) is 0.645. The maximum atomic E-state index is 11.8. The maximum Gasteiger partial charge on any atom is 0.307 e. The molecule has 0 saturated carbocycles. The molecule has 3 rings (SSSR count). The van der Waals surface area contributed by atoms with Gasteiger partial charge in [0.2, 0.25) is 0 Å². The number of aldehydes is 1. The monoisotopic (exact) mass is 306 g/mol. The lowest BCUT2D eigenvalue weighted by atomic mass is 10.1. The molecule has 1 atom stereocenters. The van der Waals surface area contributed by atoms with E-state index in [4.69, 9.17) is 4.74 Å². The number of carbonyl (C=O) groups excluding carboxylic acids is 3. The highest BCUT2D eigenvalue weighted by Crippen LogP contribution is 2.37. The Hall–Kier alpha value is -1.79. The molecule has 0 bridgehead atoms. The van der Waals surface area contributed by atoms with Crippen molar-refractivity contribution >= 4 is 40.7 Å². The zero-order chi connectivity index (χ0) is 14.1. The Morgan fingerprint density at radius 1 is 1.05 bits per heavy atom. The predicted molar refractivity (Wildman–Crippen MR) is 76.1 cm³/mol. The second kappa shape index (κ2) is 5.30. The summed E-state index contributed by atoms with van der Waals surface area (Å²) in [5, 5.41) is 0. The normalized spacial score (nSPS) is 18.9. The number of thiophene rings is 2. The zero-order valence-electron chi connectivity index (χ0n) is 10.3. The highest BCUT2D eigenvalue weighted by atomic mass is 32.1. The first-order valence-electron chi connectivity index (χ1n) is 6.04. The van der Waals surface area contributed by atoms with Crippen molar-refractivity contribution in [2.45, 2.75) is 18.9 Å². The van der Waals surface area contributed by atoms with Crippen LogP contribution in [0, 0.1) is 0 Å². The molecular weight excluding hydrogens is 296 g/mol. The lowest BCUT2D eigenvalue weighted by molar-refractivity contribution is -0.161. The number of carbonyl (C=O) groups is 3. The number of Topliss-reactive ketones (excluding diaryl/α,β-unsaturated/α-hetero) is 1. The number of cyclic esters (lactones) is 1. The Morgan fingerprint density at radius 2 is 1.80 bits per heavy atom. The summed E-state index contributed by atoms with van der Waals surface area (Å²) in [5.74, 6) is -0.387. The molecule has 102 valence electrons. The molecule has 1 saturated heterocycles. The Bertz CT molecular complexity index is 683. The summed E-state index contributed by atoms with van der Waals surface area (Å²) in [6.07, 6.45) is 0.460. The standard InChI is InChI=1S/C14H10O4S2/c15-7-8-1-3-10(19-8)11-4-5-12(20-11)14-9(16)2-6-13(17)18-14/h1,3-5,7,14H,2,6H2. The van der Waals surface area contributed by atoms with E-state index in [1.165, 1.54) is 22.7 Å². The van der Waals surface area contributed by atoms with Crippen LogP contribution >= 0.6 is 22.7 Å². The first kappa shape index (κ1) is 13.2. The zero-order valence-corrected chi connectivity index (χ0v) is 12.0. The minimum atomic E-state index is -0.763. The maximum absolute atomic E-state index is 11.8. The summed E-state index contributed by atoms with van der Waals surface area (Å²) in [4.78, 5) is 37.2. The fourth-order valence-corrected chi connectivity index (χ4v) is 3.98. The highest BCUT2D eigenvalue weighted by molar-refractivity contribution is 7.23. The number of rotatable bonds is 3. The Labute approximate surface area is 123 Å². The molecule has 0 radical (unpaired) electrons. The van der Waals surface area contributed by atoms with Gasteiger partial charge in [-0.2, -0.15) is 0 Å². The molecule has 4 nitrogen and oxygen atoms in total. The third-order valence-corrected chi connectivity index (χ3v) is 5.32. The van der Waals surface area contributed by atoms with Crippen molar-refractivity contribution in [3.63, 3.8) is 0 Å². The molecule has 1 fully saturated rings. The van der Waals surface area contributed by atoms with Gasteiger partial charge >= 0.3 is 5.97 Å². The van der Waals surface area contributed by atoms with Gasteiger partial charge in [0, 0.05) is 16.2 Å². The van der Waals surface area contributed by atoms with Crippen LogP contribution in [0.1, 0.15) is 33.5 Å². The van der Waals surface area contributed by atoms with Crippen LogP contribution in [0.25, 0.3) is 9.75 Å². The molecule has 1 aliphatic rings. The number of hydrogen-bond donors (Lipinski definition) is 0. The fourth-order valence-electron chi connectivity index (χ4n) is 2.00. The van der Waals surface area contributed by atoms with Crippen molar-refractivity contribution in [2.24, 2.45) is 0 Å². The summed E-state index contributed by atoms with van der Waals surface area (Å²) >= 11 is 2.82. The van der Waals surface area contributed by atoms with Gasteiger partial charge in [0.05, 0.1) is 16.2 Å². The van der Waals surface area contributed by atoms with Gasteiger partial charge in [-0.15, -0.1) is 22.7 Å². The third-order valence-electron chi connectivity index (χ3n) is 2.99. The summed E-state index contributed by atoms with van der Waals surface area (Å²) < 4.78 is 5.13. The molecule has 1 unspecified atom stereocenters. The molecule has 6 heteroatoms. The molecule has 1 aliphatic heterocycles. The molecule has 0 spiro atoms. The number of esters is 1. The van der Waals surface area contributed by atoms with Crippen LogP contribution in [-0.2, 0) is 14.3 Å². The number of ketones is 1. The van der Waals surface area contributed by atoms with Crippen LogP contribution in [0.15, 0.2) is 24.3 Å². The SMILES string of the molecule is O=Cc1ccc(-c2ccc(C3OC(=O)CCC3=O)s2)s1. The molecule has 2 aromatic rings. The summed E-state index contributed by atoms with van der Waals surface area (Å²) in [6.45, 7) is 0. The van der Waals surface area contributed by atoms with Gasteiger partial charge in [0.25, 0.3) is 0 Å². The van der Waals surface area contributed by atoms with Crippen LogP contribution in [0.2, 0.25) is 0 Å². The van der Waals surface area contributed by atoms with Gasteiger partial charge in [-0.25, -0.2) is 0 Å². The highest BCUT2D eigenvalue weighted by Gasteiger charge is 2.31. The molecular formula is C14H10O4S2. The lowest BCUT2D eigenvalue weighted by Gasteiger charge is -2.19. The topological polar surface area (TPSA) is 60.4 Å². The summed E-state index contributed by atoms with van der Waals surface area (Å²) in [7, 11) is 0. The first-order chi connectivity index (χ1) is 9.67. The third kappa shape index (κ3) is 2.44. The van der Waals surface area contributed by atoms with E-state index in [1.807, 2.05) is 18.2 Å². The largest absolute Gasteiger partial charge is 0.449 e. The first-order valence-corrected chi connectivity index (χ1v) is 7.68. The minimum absolute atomic E-state index is 0.0576. The Kier molecular flexibility index (Phi) is 3.50. The van der Waals surface area contributed by atoms with Crippen LogP contribution in [0.4, 0.5) is 0 Å². The molecule has 0 aromatic carbocycles. The van der Waals surface area contributed by atoms with E-state index in [9.17, 15) is 14.4 Å². The van der Waals surface area contributed by atoms with Gasteiger partial charge < -0.3 is 4.74 Å². The van der Waals surface area contributed by atoms with Crippen LogP contribution in [0.3, 0.4) is 0 Å². The van der Waals surface area contributed by atoms with Gasteiger partial charge in [-0.1, -0.05) is 0 Å². The molecule has 0 aliphatic carbocycles. The molecule has 2 aromatic heterocycles. The molecule has 0 N–H and O–H groups in total. The smallest absolute Gasteiger partial charge is 0.307 e. The van der Waals surface area contributed by atoms with E-state index in [-0.39, 0.29) is 24.6 Å². The van der Waals surface area contributed by atoms with Crippen LogP contribution in [0.5, 0.6) is 0 Å². The second-order valence-corrected chi connectivity index (χ2v) is 6.59. The van der Waals surface area contributed by atoms with Gasteiger partial charge in [-0.3, -0.25) is 14.4 Å². The summed E-state index contributed by atoms with van der Waals surface area (Å²) in [5.41, 5.74) is 0. The van der Waals surface area contributed by atoms with Crippen molar-refractivity contribution in [1.29, 1.82) is 0 Å². The lowest BCUT2D eigenvalue weighted by Crippen LogP contribution is -2.25.